The molecule has 0 aliphatic carbocycles. The number of methoxy groups -OCH3 is 1. The highest BCUT2D eigenvalue weighted by Gasteiger charge is 2.37. The number of ether oxygens (including phenoxy) is 2. The number of benzene rings is 2. The summed E-state index contributed by atoms with van der Waals surface area (Å²) >= 11 is 14.2. The number of aromatic nitrogens is 4. The Morgan fingerprint density at radius 1 is 1.07 bits per heavy atom. The number of aliphatic hydroxyl groups is 1. The van der Waals surface area contributed by atoms with Gasteiger partial charge in [-0.2, -0.15) is 5.10 Å². The highest BCUT2D eigenvalue weighted by molar-refractivity contribution is 6.39. The second-order valence-corrected chi connectivity index (χ2v) is 16.7. The fourth-order valence-corrected chi connectivity index (χ4v) is 8.02. The molecule has 5 heterocycles. The molecule has 0 unspecified atom stereocenters. The molecule has 57 heavy (non-hydrogen) atoms. The first-order valence-electron chi connectivity index (χ1n) is 18.5. The summed E-state index contributed by atoms with van der Waals surface area (Å²) in [5, 5.41) is 18.4. The zero-order chi connectivity index (χ0) is 41.0. The van der Waals surface area contributed by atoms with Crippen molar-refractivity contribution in [2.75, 3.05) is 26.7 Å². The molecule has 1 atom stereocenters. The first kappa shape index (κ1) is 40.2. The van der Waals surface area contributed by atoms with Crippen LogP contribution < -0.4 is 15.6 Å². The van der Waals surface area contributed by atoms with E-state index < -0.39 is 23.1 Å². The van der Waals surface area contributed by atoms with Gasteiger partial charge >= 0.3 is 6.09 Å². The molecule has 300 valence electrons. The van der Waals surface area contributed by atoms with Gasteiger partial charge in [0.1, 0.15) is 22.8 Å². The van der Waals surface area contributed by atoms with Gasteiger partial charge in [-0.15, -0.1) is 0 Å². The third-order valence-corrected chi connectivity index (χ3v) is 10.9. The lowest BCUT2D eigenvalue weighted by Gasteiger charge is -2.44. The van der Waals surface area contributed by atoms with Crippen molar-refractivity contribution >= 4 is 40.7 Å². The van der Waals surface area contributed by atoms with Gasteiger partial charge in [-0.1, -0.05) is 59.6 Å². The van der Waals surface area contributed by atoms with Gasteiger partial charge in [0.2, 0.25) is 11.8 Å². The fourth-order valence-electron chi connectivity index (χ4n) is 7.36. The third kappa shape index (κ3) is 8.36. The molecule has 5 aromatic rings. The standard InChI is InChI=1S/C41H44Cl2FN7O6/c1-40(2,3)57-39(54)50(18-24-13-14-34(52)45-24)19-29-30(44)16-31(46-37(29)56-6)28-12-8-11-27(36(28)43)26-10-7-9-25(35(26)42)23-15-32-38(53)48(5)33(47-51(32)17-23)20-49-21-41(4,55)22-49/h7-12,15-17,24,55H,13-14,18-22H2,1-6H3,(H,45,52)/t24-/m0/s1. The predicted molar refractivity (Wildman–Crippen MR) is 215 cm³/mol. The molecule has 2 N–H and O–H groups in total. The van der Waals surface area contributed by atoms with Crippen LogP contribution >= 0.6 is 23.2 Å². The van der Waals surface area contributed by atoms with Crippen molar-refractivity contribution < 1.29 is 28.6 Å². The van der Waals surface area contributed by atoms with E-state index in [1.807, 2.05) is 23.1 Å². The number of halogens is 3. The molecule has 16 heteroatoms. The van der Waals surface area contributed by atoms with Crippen molar-refractivity contribution in [2.24, 2.45) is 7.05 Å². The number of amides is 2. The van der Waals surface area contributed by atoms with Crippen LogP contribution in [0.15, 0.2) is 59.5 Å². The lowest BCUT2D eigenvalue weighted by molar-refractivity contribution is -0.119. The number of hydrogen-bond donors (Lipinski definition) is 2. The van der Waals surface area contributed by atoms with E-state index in [1.165, 1.54) is 22.6 Å². The number of rotatable bonds is 10. The van der Waals surface area contributed by atoms with Gasteiger partial charge in [0, 0.05) is 79.2 Å². The molecule has 7 rings (SSSR count). The maximum absolute atomic E-state index is 16.2. The van der Waals surface area contributed by atoms with Crippen LogP contribution in [0, 0.1) is 5.82 Å². The molecule has 2 fully saturated rings. The van der Waals surface area contributed by atoms with Crippen LogP contribution in [0.5, 0.6) is 5.88 Å². The Morgan fingerprint density at radius 3 is 2.33 bits per heavy atom. The highest BCUT2D eigenvalue weighted by atomic mass is 35.5. The summed E-state index contributed by atoms with van der Waals surface area (Å²) in [5.74, 6) is -0.278. The summed E-state index contributed by atoms with van der Waals surface area (Å²) in [6.45, 7) is 8.27. The summed E-state index contributed by atoms with van der Waals surface area (Å²) in [7, 11) is 3.04. The van der Waals surface area contributed by atoms with Crippen molar-refractivity contribution in [3.8, 4) is 39.4 Å². The minimum Gasteiger partial charge on any atom is -0.481 e. The molecule has 2 aromatic carbocycles. The number of carbonyl (C=O) groups is 2. The van der Waals surface area contributed by atoms with E-state index in [4.69, 9.17) is 37.8 Å². The normalized spacial score (nSPS) is 16.7. The summed E-state index contributed by atoms with van der Waals surface area (Å²) in [5.41, 5.74) is 1.71. The molecule has 13 nitrogen and oxygen atoms in total. The predicted octanol–water partition coefficient (Wildman–Crippen LogP) is 6.47. The Labute approximate surface area is 338 Å². The van der Waals surface area contributed by atoms with Crippen LogP contribution in [0.3, 0.4) is 0 Å². The molecule has 0 spiro atoms. The fraction of sp³-hybridized carbons (Fsp3) is 0.390. The van der Waals surface area contributed by atoms with Crippen molar-refractivity contribution in [3.63, 3.8) is 0 Å². The molecule has 0 saturated carbocycles. The van der Waals surface area contributed by atoms with E-state index in [9.17, 15) is 19.5 Å². The maximum atomic E-state index is 16.2. The molecule has 0 bridgehead atoms. The Hall–Kier alpha value is -5.02. The lowest BCUT2D eigenvalue weighted by atomic mass is 9.97. The van der Waals surface area contributed by atoms with E-state index in [-0.39, 0.29) is 52.8 Å². The van der Waals surface area contributed by atoms with Crippen LogP contribution in [0.4, 0.5) is 9.18 Å². The zero-order valence-corrected chi connectivity index (χ0v) is 34.0. The first-order chi connectivity index (χ1) is 26.9. The topological polar surface area (TPSA) is 144 Å². The summed E-state index contributed by atoms with van der Waals surface area (Å²) in [6, 6.07) is 13.4. The van der Waals surface area contributed by atoms with Crippen LogP contribution in [-0.4, -0.2) is 90.1 Å². The number of nitrogens with one attached hydrogen (secondary N) is 1. The number of likely N-dealkylation sites (tertiary alicyclic amines) is 1. The van der Waals surface area contributed by atoms with Crippen LogP contribution in [-0.2, 0) is 29.7 Å². The van der Waals surface area contributed by atoms with Crippen molar-refractivity contribution in [1.82, 2.24) is 34.3 Å². The number of hydrogen-bond acceptors (Lipinski definition) is 9. The highest BCUT2D eigenvalue weighted by Crippen LogP contribution is 2.43. The number of pyridine rings is 1. The Morgan fingerprint density at radius 2 is 1.72 bits per heavy atom. The van der Waals surface area contributed by atoms with Crippen LogP contribution in [0.2, 0.25) is 10.0 Å². The van der Waals surface area contributed by atoms with E-state index in [2.05, 4.69) is 10.3 Å². The Balaban J connectivity index is 1.19. The molecule has 2 aliphatic heterocycles. The SMILES string of the molecule is COc1nc(-c2cccc(-c3cccc(-c4cc5c(=O)n(C)c(CN6CC(C)(O)C6)nn5c4)c3Cl)c2Cl)cc(F)c1CN(C[C@@H]1CCC(=O)N1)C(=O)OC(C)(C)C. The van der Waals surface area contributed by atoms with Gasteiger partial charge in [0.15, 0.2) is 0 Å². The van der Waals surface area contributed by atoms with E-state index in [0.717, 1.165) is 0 Å². The Kier molecular flexibility index (Phi) is 10.8. The van der Waals surface area contributed by atoms with Crippen LogP contribution in [0.1, 0.15) is 51.9 Å². The maximum Gasteiger partial charge on any atom is 0.410 e. The number of β-amino-alcohol motifs (C(OH)–C–C–N with tert-alkyl or cyclic N) is 1. The quantitative estimate of drug-likeness (QED) is 0.162. The van der Waals surface area contributed by atoms with E-state index in [0.29, 0.717) is 76.7 Å². The first-order valence-corrected chi connectivity index (χ1v) is 19.3. The molecular formula is C41H44Cl2FN7O6. The van der Waals surface area contributed by atoms with Gasteiger partial charge < -0.3 is 24.8 Å². The van der Waals surface area contributed by atoms with Crippen molar-refractivity contribution in [1.29, 1.82) is 0 Å². The number of nitrogens with zero attached hydrogens (tertiary/aromatic N) is 6. The molecule has 2 saturated heterocycles. The molecular weight excluding hydrogens is 776 g/mol. The molecule has 3 aromatic heterocycles. The zero-order valence-electron chi connectivity index (χ0n) is 32.5. The van der Waals surface area contributed by atoms with Crippen LogP contribution in [0.25, 0.3) is 39.0 Å². The van der Waals surface area contributed by atoms with Gasteiger partial charge in [0.25, 0.3) is 5.56 Å². The lowest BCUT2D eigenvalue weighted by Crippen LogP contribution is -2.59. The monoisotopic (exact) mass is 819 g/mol. The van der Waals surface area contributed by atoms with E-state index in [1.54, 1.807) is 69.7 Å². The summed E-state index contributed by atoms with van der Waals surface area (Å²) < 4.78 is 30.4. The average Bonchev–Trinajstić information content (AvgIpc) is 3.75. The van der Waals surface area contributed by atoms with Gasteiger partial charge in [-0.25, -0.2) is 18.7 Å². The average molecular weight is 821 g/mol. The second-order valence-electron chi connectivity index (χ2n) is 16.0. The summed E-state index contributed by atoms with van der Waals surface area (Å²) in [4.78, 5) is 46.6. The molecule has 0 radical (unpaired) electrons. The second kappa shape index (κ2) is 15.4. The summed E-state index contributed by atoms with van der Waals surface area (Å²) in [6.07, 6.45) is 1.96. The van der Waals surface area contributed by atoms with Gasteiger partial charge in [-0.05, 0) is 40.2 Å². The smallest absolute Gasteiger partial charge is 0.410 e. The van der Waals surface area contributed by atoms with Crippen molar-refractivity contribution in [2.45, 2.75) is 70.9 Å². The minimum absolute atomic E-state index is 0.0320. The molecule has 2 aliphatic rings. The van der Waals surface area contributed by atoms with Gasteiger partial charge in [0.05, 0.1) is 47.1 Å². The van der Waals surface area contributed by atoms with Crippen molar-refractivity contribution in [3.05, 3.63) is 92.3 Å². The van der Waals surface area contributed by atoms with Gasteiger partial charge in [-0.3, -0.25) is 19.1 Å². The largest absolute Gasteiger partial charge is 0.481 e. The number of fused-ring (bicyclic) bond motifs is 1. The molecule has 2 amide bonds. The minimum atomic E-state index is -0.807. The number of carbonyl (C=O) groups excluding carboxylic acids is 2. The third-order valence-electron chi connectivity index (χ3n) is 10.1. The van der Waals surface area contributed by atoms with E-state index >= 15 is 4.39 Å². The Bertz CT molecular complexity index is 2450.